The fourth-order valence-electron chi connectivity index (χ4n) is 3.69. The third-order valence-corrected chi connectivity index (χ3v) is 5.08. The van der Waals surface area contributed by atoms with Crippen molar-refractivity contribution in [2.24, 2.45) is 0 Å². The molecular formula is C21H24N4O. The van der Waals surface area contributed by atoms with E-state index in [4.69, 9.17) is 0 Å². The first-order valence-corrected chi connectivity index (χ1v) is 9.28. The van der Waals surface area contributed by atoms with Gasteiger partial charge in [-0.05, 0) is 55.2 Å². The molecule has 0 radical (unpaired) electrons. The molecule has 1 saturated heterocycles. The maximum Gasteiger partial charge on any atom is 0.254 e. The average molecular weight is 348 g/mol. The average Bonchev–Trinajstić information content (AvgIpc) is 3.37. The fraction of sp³-hybridized carbons (Fsp3) is 0.333. The van der Waals surface area contributed by atoms with Gasteiger partial charge in [0, 0.05) is 43.4 Å². The summed E-state index contributed by atoms with van der Waals surface area (Å²) in [5.74, 6) is 0.134. The molecule has 1 amide bonds. The van der Waals surface area contributed by atoms with Crippen molar-refractivity contribution >= 4 is 5.91 Å². The van der Waals surface area contributed by atoms with Crippen LogP contribution in [0.5, 0.6) is 0 Å². The van der Waals surface area contributed by atoms with E-state index in [2.05, 4.69) is 21.8 Å². The normalized spacial score (nSPS) is 17.4. The van der Waals surface area contributed by atoms with Crippen molar-refractivity contribution in [3.05, 3.63) is 78.4 Å². The Labute approximate surface area is 153 Å². The summed E-state index contributed by atoms with van der Waals surface area (Å²) in [5.41, 5.74) is 1.97. The van der Waals surface area contributed by atoms with E-state index in [-0.39, 0.29) is 11.9 Å². The number of carbonyl (C=O) groups is 1. The molecule has 1 unspecified atom stereocenters. The summed E-state index contributed by atoms with van der Waals surface area (Å²) >= 11 is 0. The third-order valence-electron chi connectivity index (χ3n) is 5.08. The lowest BCUT2D eigenvalue weighted by Gasteiger charge is -2.35. The number of nitrogens with zero attached hydrogens (tertiary/aromatic N) is 4. The lowest BCUT2D eigenvalue weighted by Crippen LogP contribution is -2.45. The Balaban J connectivity index is 1.46. The van der Waals surface area contributed by atoms with E-state index < -0.39 is 0 Å². The van der Waals surface area contributed by atoms with E-state index in [9.17, 15) is 4.79 Å². The SMILES string of the molecule is O=C(c1ccc(Cn2cccc2)cc1)N1CCCCC1Cn1cccn1. The minimum Gasteiger partial charge on any atom is -0.350 e. The molecule has 5 nitrogen and oxygen atoms in total. The van der Waals surface area contributed by atoms with E-state index in [1.807, 2.05) is 58.5 Å². The van der Waals surface area contributed by atoms with Gasteiger partial charge in [0.05, 0.1) is 12.6 Å². The number of hydrogen-bond acceptors (Lipinski definition) is 2. The number of carbonyl (C=O) groups excluding carboxylic acids is 1. The number of likely N-dealkylation sites (tertiary alicyclic amines) is 1. The van der Waals surface area contributed by atoms with Gasteiger partial charge in [-0.15, -0.1) is 0 Å². The molecule has 1 fully saturated rings. The highest BCUT2D eigenvalue weighted by molar-refractivity contribution is 5.94. The highest BCUT2D eigenvalue weighted by Gasteiger charge is 2.27. The molecule has 0 bridgehead atoms. The molecule has 0 N–H and O–H groups in total. The second-order valence-corrected chi connectivity index (χ2v) is 6.93. The maximum atomic E-state index is 13.1. The summed E-state index contributed by atoms with van der Waals surface area (Å²) in [6.07, 6.45) is 11.1. The van der Waals surface area contributed by atoms with Crippen molar-refractivity contribution in [1.29, 1.82) is 0 Å². The zero-order chi connectivity index (χ0) is 17.8. The van der Waals surface area contributed by atoms with E-state index in [1.54, 1.807) is 6.20 Å². The van der Waals surface area contributed by atoms with Crippen LogP contribution < -0.4 is 0 Å². The third kappa shape index (κ3) is 3.72. The number of hydrogen-bond donors (Lipinski definition) is 0. The number of piperidine rings is 1. The molecule has 26 heavy (non-hydrogen) atoms. The van der Waals surface area contributed by atoms with E-state index in [1.165, 1.54) is 12.0 Å². The van der Waals surface area contributed by atoms with Gasteiger partial charge in [-0.2, -0.15) is 5.10 Å². The summed E-state index contributed by atoms with van der Waals surface area (Å²) in [5, 5.41) is 4.30. The number of benzene rings is 1. The first-order chi connectivity index (χ1) is 12.8. The van der Waals surface area contributed by atoms with E-state index in [0.717, 1.165) is 38.0 Å². The highest BCUT2D eigenvalue weighted by Crippen LogP contribution is 2.21. The quantitative estimate of drug-likeness (QED) is 0.709. The van der Waals surface area contributed by atoms with Crippen LogP contribution in [0.1, 0.15) is 35.2 Å². The molecule has 1 aromatic carbocycles. The summed E-state index contributed by atoms with van der Waals surface area (Å²) < 4.78 is 4.05. The van der Waals surface area contributed by atoms with Gasteiger partial charge < -0.3 is 9.47 Å². The monoisotopic (exact) mass is 348 g/mol. The Morgan fingerprint density at radius 2 is 1.85 bits per heavy atom. The molecule has 1 atom stereocenters. The van der Waals surface area contributed by atoms with Gasteiger partial charge in [0.15, 0.2) is 0 Å². The van der Waals surface area contributed by atoms with Crippen LogP contribution in [0.3, 0.4) is 0 Å². The van der Waals surface area contributed by atoms with Crippen LogP contribution in [0.4, 0.5) is 0 Å². The molecule has 0 spiro atoms. The van der Waals surface area contributed by atoms with Gasteiger partial charge in [-0.1, -0.05) is 12.1 Å². The second kappa shape index (κ2) is 7.60. The molecule has 1 aliphatic heterocycles. The Morgan fingerprint density at radius 1 is 1.04 bits per heavy atom. The topological polar surface area (TPSA) is 43.1 Å². The minimum atomic E-state index is 0.134. The molecule has 4 rings (SSSR count). The molecule has 2 aromatic heterocycles. The second-order valence-electron chi connectivity index (χ2n) is 6.93. The van der Waals surface area contributed by atoms with Crippen molar-refractivity contribution < 1.29 is 4.79 Å². The van der Waals surface area contributed by atoms with E-state index >= 15 is 0 Å². The first kappa shape index (κ1) is 16.6. The Bertz CT molecular complexity index is 822. The fourth-order valence-corrected chi connectivity index (χ4v) is 3.69. The van der Waals surface area contributed by atoms with Crippen LogP contribution in [-0.4, -0.2) is 37.7 Å². The first-order valence-electron chi connectivity index (χ1n) is 9.28. The molecule has 3 aromatic rings. The predicted molar refractivity (Wildman–Crippen MR) is 101 cm³/mol. The number of aromatic nitrogens is 3. The predicted octanol–water partition coefficient (Wildman–Crippen LogP) is 3.43. The molecule has 0 saturated carbocycles. The molecule has 5 heteroatoms. The smallest absolute Gasteiger partial charge is 0.254 e. The Morgan fingerprint density at radius 3 is 2.58 bits per heavy atom. The van der Waals surface area contributed by atoms with Crippen LogP contribution in [-0.2, 0) is 13.1 Å². The zero-order valence-corrected chi connectivity index (χ0v) is 14.9. The Hall–Kier alpha value is -2.82. The van der Waals surface area contributed by atoms with Crippen LogP contribution in [0.2, 0.25) is 0 Å². The largest absolute Gasteiger partial charge is 0.350 e. The molecule has 134 valence electrons. The molecule has 0 aliphatic carbocycles. The molecule has 1 aliphatic rings. The van der Waals surface area contributed by atoms with Gasteiger partial charge in [0.25, 0.3) is 5.91 Å². The Kier molecular flexibility index (Phi) is 4.86. The maximum absolute atomic E-state index is 13.1. The van der Waals surface area contributed by atoms with Crippen LogP contribution in [0.15, 0.2) is 67.3 Å². The number of rotatable bonds is 5. The van der Waals surface area contributed by atoms with E-state index in [0.29, 0.717) is 0 Å². The summed E-state index contributed by atoms with van der Waals surface area (Å²) in [6, 6.07) is 14.2. The summed E-state index contributed by atoms with van der Waals surface area (Å²) in [4.78, 5) is 15.1. The summed E-state index contributed by atoms with van der Waals surface area (Å²) in [7, 11) is 0. The van der Waals surface area contributed by atoms with Crippen LogP contribution in [0, 0.1) is 0 Å². The standard InChI is InChI=1S/C21H24N4O/c26-21(19-9-7-18(8-10-19)16-23-12-3-4-13-23)25-15-2-1-6-20(25)17-24-14-5-11-22-24/h3-5,7-14,20H,1-2,6,15-17H2. The van der Waals surface area contributed by atoms with Crippen molar-refractivity contribution in [3.63, 3.8) is 0 Å². The summed E-state index contributed by atoms with van der Waals surface area (Å²) in [6.45, 7) is 2.42. The lowest BCUT2D eigenvalue weighted by atomic mass is 10.0. The number of amides is 1. The van der Waals surface area contributed by atoms with Crippen molar-refractivity contribution in [2.45, 2.75) is 38.4 Å². The van der Waals surface area contributed by atoms with Gasteiger partial charge >= 0.3 is 0 Å². The highest BCUT2D eigenvalue weighted by atomic mass is 16.2. The van der Waals surface area contributed by atoms with Crippen molar-refractivity contribution in [1.82, 2.24) is 19.2 Å². The van der Waals surface area contributed by atoms with Crippen molar-refractivity contribution in [3.8, 4) is 0 Å². The minimum absolute atomic E-state index is 0.134. The van der Waals surface area contributed by atoms with Crippen molar-refractivity contribution in [2.75, 3.05) is 6.54 Å². The van der Waals surface area contributed by atoms with Gasteiger partial charge in [-0.3, -0.25) is 9.48 Å². The lowest BCUT2D eigenvalue weighted by molar-refractivity contribution is 0.0584. The van der Waals surface area contributed by atoms with Crippen LogP contribution in [0.25, 0.3) is 0 Å². The molecular weight excluding hydrogens is 324 g/mol. The van der Waals surface area contributed by atoms with Crippen LogP contribution >= 0.6 is 0 Å². The zero-order valence-electron chi connectivity index (χ0n) is 14.9. The van der Waals surface area contributed by atoms with Gasteiger partial charge in [0.1, 0.15) is 0 Å². The van der Waals surface area contributed by atoms with Gasteiger partial charge in [-0.25, -0.2) is 0 Å². The van der Waals surface area contributed by atoms with Gasteiger partial charge in [0.2, 0.25) is 0 Å². The molecule has 3 heterocycles.